The van der Waals surface area contributed by atoms with Gasteiger partial charge in [0.15, 0.2) is 0 Å². The average Bonchev–Trinajstić information content (AvgIpc) is 3.41. The predicted molar refractivity (Wildman–Crippen MR) is 131 cm³/mol. The first-order valence-electron chi connectivity index (χ1n) is 11.3. The van der Waals surface area contributed by atoms with Crippen molar-refractivity contribution in [3.63, 3.8) is 0 Å². The molecule has 1 heteroatoms. The first-order chi connectivity index (χ1) is 15.2. The van der Waals surface area contributed by atoms with Crippen molar-refractivity contribution in [3.8, 4) is 22.3 Å². The summed E-state index contributed by atoms with van der Waals surface area (Å²) in [6, 6.07) is 40.1. The molecule has 0 amide bonds. The summed E-state index contributed by atoms with van der Waals surface area (Å²) in [5.74, 6) is 0. The Morgan fingerprint density at radius 1 is 0.581 bits per heavy atom. The van der Waals surface area contributed by atoms with Gasteiger partial charge in [0.1, 0.15) is 0 Å². The maximum atomic E-state index is 3.79. The first kappa shape index (κ1) is 19.8. The molecule has 1 aliphatic heterocycles. The van der Waals surface area contributed by atoms with E-state index in [1.807, 2.05) is 0 Å². The summed E-state index contributed by atoms with van der Waals surface area (Å²) >= 11 is 0. The highest BCUT2D eigenvalue weighted by Crippen LogP contribution is 2.40. The van der Waals surface area contributed by atoms with Crippen LogP contribution in [0.5, 0.6) is 0 Å². The van der Waals surface area contributed by atoms with Crippen molar-refractivity contribution in [2.75, 3.05) is 6.54 Å². The molecule has 1 atom stereocenters. The Hall–Kier alpha value is -3.16. The number of benzene rings is 4. The lowest BCUT2D eigenvalue weighted by Crippen LogP contribution is -2.43. The Labute approximate surface area is 185 Å². The van der Waals surface area contributed by atoms with Crippen molar-refractivity contribution in [2.24, 2.45) is 0 Å². The van der Waals surface area contributed by atoms with Crippen molar-refractivity contribution < 1.29 is 0 Å². The number of nitrogens with one attached hydrogen (secondary N) is 1. The SMILES string of the molecule is CC(c1ccc(-c2ccccc2)cc1)(c1ccc(-c2ccccc2)cc1)[C@@H]1CCCN1. The minimum atomic E-state index is -0.0685. The van der Waals surface area contributed by atoms with Gasteiger partial charge in [-0.3, -0.25) is 0 Å². The van der Waals surface area contributed by atoms with Crippen LogP contribution < -0.4 is 5.32 Å². The maximum Gasteiger partial charge on any atom is 0.0327 e. The number of hydrogen-bond acceptors (Lipinski definition) is 1. The molecule has 0 bridgehead atoms. The van der Waals surface area contributed by atoms with Gasteiger partial charge < -0.3 is 5.32 Å². The summed E-state index contributed by atoms with van der Waals surface area (Å²) in [5.41, 5.74) is 7.75. The van der Waals surface area contributed by atoms with Crippen molar-refractivity contribution in [1.29, 1.82) is 0 Å². The molecule has 0 radical (unpaired) electrons. The summed E-state index contributed by atoms with van der Waals surface area (Å²) in [6.45, 7) is 3.51. The zero-order chi connectivity index (χ0) is 21.1. The van der Waals surface area contributed by atoms with Crippen LogP contribution in [0, 0.1) is 0 Å². The molecule has 0 saturated carbocycles. The molecule has 4 aromatic rings. The van der Waals surface area contributed by atoms with Gasteiger partial charge in [-0.2, -0.15) is 0 Å². The number of hydrogen-bond donors (Lipinski definition) is 1. The lowest BCUT2D eigenvalue weighted by Gasteiger charge is -2.37. The monoisotopic (exact) mass is 403 g/mol. The lowest BCUT2D eigenvalue weighted by atomic mass is 9.70. The van der Waals surface area contributed by atoms with Gasteiger partial charge in [-0.1, -0.05) is 109 Å². The summed E-state index contributed by atoms with van der Waals surface area (Å²) < 4.78 is 0. The zero-order valence-electron chi connectivity index (χ0n) is 18.1. The van der Waals surface area contributed by atoms with Gasteiger partial charge in [-0.15, -0.1) is 0 Å². The highest BCUT2D eigenvalue weighted by Gasteiger charge is 2.39. The van der Waals surface area contributed by atoms with Crippen LogP contribution in [0.4, 0.5) is 0 Å². The Morgan fingerprint density at radius 3 is 1.39 bits per heavy atom. The fourth-order valence-electron chi connectivity index (χ4n) is 5.03. The molecule has 0 unspecified atom stereocenters. The van der Waals surface area contributed by atoms with Crippen molar-refractivity contribution in [3.05, 3.63) is 120 Å². The smallest absolute Gasteiger partial charge is 0.0327 e. The Morgan fingerprint density at radius 2 is 1.00 bits per heavy atom. The van der Waals surface area contributed by atoms with Crippen LogP contribution in [-0.4, -0.2) is 12.6 Å². The maximum absolute atomic E-state index is 3.79. The Bertz CT molecular complexity index is 1020. The molecule has 4 aromatic carbocycles. The Kier molecular flexibility index (Phi) is 5.44. The second-order valence-corrected chi connectivity index (χ2v) is 8.74. The number of rotatable bonds is 5. The largest absolute Gasteiger partial charge is 0.313 e. The van der Waals surface area contributed by atoms with Crippen LogP contribution in [-0.2, 0) is 5.41 Å². The van der Waals surface area contributed by atoms with Gasteiger partial charge in [0.2, 0.25) is 0 Å². The molecule has 154 valence electrons. The minimum absolute atomic E-state index is 0.0685. The highest BCUT2D eigenvalue weighted by molar-refractivity contribution is 5.66. The van der Waals surface area contributed by atoms with Crippen LogP contribution in [0.1, 0.15) is 30.9 Å². The third-order valence-corrected chi connectivity index (χ3v) is 6.94. The fourth-order valence-corrected chi connectivity index (χ4v) is 5.03. The van der Waals surface area contributed by atoms with Gasteiger partial charge in [0.05, 0.1) is 0 Å². The van der Waals surface area contributed by atoms with Gasteiger partial charge in [-0.05, 0) is 59.7 Å². The van der Waals surface area contributed by atoms with Crippen LogP contribution in [0.3, 0.4) is 0 Å². The molecule has 1 N–H and O–H groups in total. The van der Waals surface area contributed by atoms with Gasteiger partial charge >= 0.3 is 0 Å². The van der Waals surface area contributed by atoms with Crippen molar-refractivity contribution in [2.45, 2.75) is 31.2 Å². The van der Waals surface area contributed by atoms with Gasteiger partial charge in [-0.25, -0.2) is 0 Å². The average molecular weight is 404 g/mol. The molecule has 1 nitrogen and oxygen atoms in total. The summed E-state index contributed by atoms with van der Waals surface area (Å²) in [4.78, 5) is 0. The molecule has 5 rings (SSSR count). The molecule has 1 saturated heterocycles. The van der Waals surface area contributed by atoms with Gasteiger partial charge in [0.25, 0.3) is 0 Å². The molecule has 0 aliphatic carbocycles. The van der Waals surface area contributed by atoms with Crippen molar-refractivity contribution >= 4 is 0 Å². The highest BCUT2D eigenvalue weighted by atomic mass is 15.0. The van der Waals surface area contributed by atoms with Crippen LogP contribution >= 0.6 is 0 Å². The molecule has 1 aliphatic rings. The molecular weight excluding hydrogens is 374 g/mol. The molecule has 0 aromatic heterocycles. The van der Waals surface area contributed by atoms with Crippen LogP contribution in [0.15, 0.2) is 109 Å². The molecule has 1 heterocycles. The van der Waals surface area contributed by atoms with E-state index in [2.05, 4.69) is 121 Å². The normalized spacial score (nSPS) is 16.4. The standard InChI is InChI=1S/C30H29N/c1-30(29-13-8-22-31-29,27-18-14-25(15-19-27)23-9-4-2-5-10-23)28-20-16-26(17-21-28)24-11-6-3-7-12-24/h2-7,9-12,14-21,29,31H,8,13,22H2,1H3/t29-/m0/s1. The van der Waals surface area contributed by atoms with E-state index in [-0.39, 0.29) is 5.41 Å². The lowest BCUT2D eigenvalue weighted by molar-refractivity contribution is 0.407. The van der Waals surface area contributed by atoms with Gasteiger partial charge in [0, 0.05) is 11.5 Å². The van der Waals surface area contributed by atoms with E-state index < -0.39 is 0 Å². The van der Waals surface area contributed by atoms with E-state index >= 15 is 0 Å². The first-order valence-corrected chi connectivity index (χ1v) is 11.3. The predicted octanol–water partition coefficient (Wildman–Crippen LogP) is 7.08. The second kappa shape index (κ2) is 8.53. The van der Waals surface area contributed by atoms with E-state index in [1.165, 1.54) is 46.2 Å². The quantitative estimate of drug-likeness (QED) is 0.375. The third kappa shape index (κ3) is 3.82. The van der Waals surface area contributed by atoms with E-state index in [1.54, 1.807) is 0 Å². The molecular formula is C30H29N. The minimum Gasteiger partial charge on any atom is -0.313 e. The van der Waals surface area contributed by atoms with Crippen molar-refractivity contribution in [1.82, 2.24) is 5.32 Å². The molecule has 31 heavy (non-hydrogen) atoms. The van der Waals surface area contributed by atoms with E-state index in [9.17, 15) is 0 Å². The Balaban J connectivity index is 1.52. The summed E-state index contributed by atoms with van der Waals surface area (Å²) in [6.07, 6.45) is 2.45. The van der Waals surface area contributed by atoms with E-state index in [0.29, 0.717) is 6.04 Å². The second-order valence-electron chi connectivity index (χ2n) is 8.74. The summed E-state index contributed by atoms with van der Waals surface area (Å²) in [7, 11) is 0. The fraction of sp³-hybridized carbons (Fsp3) is 0.200. The van der Waals surface area contributed by atoms with Crippen LogP contribution in [0.2, 0.25) is 0 Å². The molecule has 1 fully saturated rings. The third-order valence-electron chi connectivity index (χ3n) is 6.94. The topological polar surface area (TPSA) is 12.0 Å². The molecule has 0 spiro atoms. The van der Waals surface area contributed by atoms with Crippen LogP contribution in [0.25, 0.3) is 22.3 Å². The van der Waals surface area contributed by atoms with E-state index in [0.717, 1.165) is 6.54 Å². The zero-order valence-corrected chi connectivity index (χ0v) is 18.1. The van der Waals surface area contributed by atoms with E-state index in [4.69, 9.17) is 0 Å². The summed E-state index contributed by atoms with van der Waals surface area (Å²) in [5, 5.41) is 3.79.